The number of piperidine rings is 1. The molecule has 0 unspecified atom stereocenters. The molecule has 0 bridgehead atoms. The number of ether oxygens (including phenoxy) is 1. The first-order valence-electron chi connectivity index (χ1n) is 8.39. The third-order valence-electron chi connectivity index (χ3n) is 4.27. The average molecular weight is 364 g/mol. The molecule has 138 valence electrons. The number of nitrogens with one attached hydrogen (secondary N) is 2. The Bertz CT molecular complexity index is 754. The highest BCUT2D eigenvalue weighted by Gasteiger charge is 2.30. The quantitative estimate of drug-likeness (QED) is 0.858. The number of carbonyl (C=O) groups is 1. The topological polar surface area (TPSA) is 50.4 Å². The Morgan fingerprint density at radius 1 is 1.04 bits per heavy atom. The number of para-hydroxylation sites is 1. The molecule has 0 aromatic heterocycles. The van der Waals surface area contributed by atoms with E-state index >= 15 is 0 Å². The lowest BCUT2D eigenvalue weighted by atomic mass is 10.0. The van der Waals surface area contributed by atoms with Crippen molar-refractivity contribution in [2.45, 2.75) is 25.1 Å². The molecule has 1 fully saturated rings. The third-order valence-corrected chi connectivity index (χ3v) is 4.27. The summed E-state index contributed by atoms with van der Waals surface area (Å²) < 4.78 is 43.5. The van der Waals surface area contributed by atoms with Crippen LogP contribution in [0.3, 0.4) is 0 Å². The summed E-state index contributed by atoms with van der Waals surface area (Å²) in [7, 11) is 0. The number of rotatable bonds is 3. The highest BCUT2D eigenvalue weighted by atomic mass is 19.4. The van der Waals surface area contributed by atoms with Crippen LogP contribution < -0.4 is 15.4 Å². The first kappa shape index (κ1) is 18.3. The molecule has 2 aromatic rings. The van der Waals surface area contributed by atoms with Crippen LogP contribution >= 0.6 is 0 Å². The minimum atomic E-state index is -4.39. The number of benzene rings is 2. The second-order valence-electron chi connectivity index (χ2n) is 6.13. The summed E-state index contributed by atoms with van der Waals surface area (Å²) in [6.07, 6.45) is -3.29. The van der Waals surface area contributed by atoms with E-state index in [1.807, 2.05) is 0 Å². The van der Waals surface area contributed by atoms with Crippen LogP contribution in [0.1, 0.15) is 18.4 Å². The van der Waals surface area contributed by atoms with Gasteiger partial charge in [-0.3, -0.25) is 0 Å². The molecule has 1 aliphatic rings. The monoisotopic (exact) mass is 364 g/mol. The largest absolute Gasteiger partial charge is 0.416 e. The number of hydrogen-bond acceptors (Lipinski definition) is 3. The first-order chi connectivity index (χ1) is 12.4. The molecular formula is C19H19F3N2O2. The molecule has 0 spiro atoms. The molecule has 2 aromatic carbocycles. The van der Waals surface area contributed by atoms with Crippen molar-refractivity contribution in [1.82, 2.24) is 10.6 Å². The van der Waals surface area contributed by atoms with Crippen molar-refractivity contribution in [1.29, 1.82) is 0 Å². The van der Waals surface area contributed by atoms with E-state index in [1.165, 1.54) is 12.1 Å². The van der Waals surface area contributed by atoms with Crippen molar-refractivity contribution in [3.05, 3.63) is 54.1 Å². The summed E-state index contributed by atoms with van der Waals surface area (Å²) in [6, 6.07) is 11.6. The minimum Gasteiger partial charge on any atom is -0.410 e. The van der Waals surface area contributed by atoms with Gasteiger partial charge in [-0.2, -0.15) is 13.2 Å². The van der Waals surface area contributed by atoms with Crippen LogP contribution in [0.2, 0.25) is 0 Å². The van der Waals surface area contributed by atoms with E-state index in [0.717, 1.165) is 38.1 Å². The van der Waals surface area contributed by atoms with E-state index in [4.69, 9.17) is 4.74 Å². The minimum absolute atomic E-state index is 0.0574. The van der Waals surface area contributed by atoms with Gasteiger partial charge in [0.05, 0.1) is 5.56 Å². The molecular weight excluding hydrogens is 345 g/mol. The predicted molar refractivity (Wildman–Crippen MR) is 91.9 cm³/mol. The lowest BCUT2D eigenvalue weighted by molar-refractivity contribution is -0.137. The van der Waals surface area contributed by atoms with Crippen molar-refractivity contribution in [3.8, 4) is 16.9 Å². The number of amides is 1. The molecule has 1 amide bonds. The number of carbonyl (C=O) groups excluding carboxylic acids is 1. The zero-order valence-corrected chi connectivity index (χ0v) is 14.0. The molecule has 1 aliphatic heterocycles. The van der Waals surface area contributed by atoms with E-state index in [1.54, 1.807) is 24.3 Å². The molecule has 1 saturated heterocycles. The average Bonchev–Trinajstić information content (AvgIpc) is 2.62. The SMILES string of the molecule is O=C(NC1CCNCC1)Oc1ccccc1-c1ccc(C(F)(F)F)cc1. The van der Waals surface area contributed by atoms with Gasteiger partial charge in [-0.1, -0.05) is 30.3 Å². The van der Waals surface area contributed by atoms with E-state index in [9.17, 15) is 18.0 Å². The molecule has 0 saturated carbocycles. The maximum Gasteiger partial charge on any atom is 0.416 e. The first-order valence-corrected chi connectivity index (χ1v) is 8.39. The Morgan fingerprint density at radius 3 is 2.35 bits per heavy atom. The Balaban J connectivity index is 1.74. The van der Waals surface area contributed by atoms with Gasteiger partial charge in [-0.15, -0.1) is 0 Å². The van der Waals surface area contributed by atoms with Crippen LogP contribution in [0.4, 0.5) is 18.0 Å². The summed E-state index contributed by atoms with van der Waals surface area (Å²) in [4.78, 5) is 12.1. The zero-order valence-electron chi connectivity index (χ0n) is 14.0. The summed E-state index contributed by atoms with van der Waals surface area (Å²) >= 11 is 0. The number of halogens is 3. The molecule has 4 nitrogen and oxygen atoms in total. The summed E-state index contributed by atoms with van der Waals surface area (Å²) in [5.74, 6) is 0.304. The molecule has 0 atom stereocenters. The van der Waals surface area contributed by atoms with Gasteiger partial charge in [-0.25, -0.2) is 4.79 Å². The van der Waals surface area contributed by atoms with Crippen molar-refractivity contribution in [3.63, 3.8) is 0 Å². The smallest absolute Gasteiger partial charge is 0.410 e. The molecule has 1 heterocycles. The molecule has 7 heteroatoms. The summed E-state index contributed by atoms with van der Waals surface area (Å²) in [5, 5.41) is 6.04. The highest BCUT2D eigenvalue weighted by Crippen LogP contribution is 2.34. The van der Waals surface area contributed by atoms with Gasteiger partial charge in [0.25, 0.3) is 0 Å². The van der Waals surface area contributed by atoms with Crippen LogP contribution in [0.15, 0.2) is 48.5 Å². The van der Waals surface area contributed by atoms with Gasteiger partial charge < -0.3 is 15.4 Å². The maximum atomic E-state index is 12.7. The fraction of sp³-hybridized carbons (Fsp3) is 0.316. The maximum absolute atomic E-state index is 12.7. The van der Waals surface area contributed by atoms with Gasteiger partial charge in [-0.05, 0) is 49.7 Å². The van der Waals surface area contributed by atoms with Crippen molar-refractivity contribution >= 4 is 6.09 Å². The Hall–Kier alpha value is -2.54. The number of alkyl halides is 3. The van der Waals surface area contributed by atoms with Crippen LogP contribution in [0.5, 0.6) is 5.75 Å². The summed E-state index contributed by atoms with van der Waals surface area (Å²) in [5.41, 5.74) is 0.383. The fourth-order valence-electron chi connectivity index (χ4n) is 2.90. The lowest BCUT2D eigenvalue weighted by Crippen LogP contribution is -2.43. The van der Waals surface area contributed by atoms with Crippen molar-refractivity contribution in [2.24, 2.45) is 0 Å². The van der Waals surface area contributed by atoms with Crippen LogP contribution in [0, 0.1) is 0 Å². The van der Waals surface area contributed by atoms with Crippen LogP contribution in [-0.4, -0.2) is 25.2 Å². The second kappa shape index (κ2) is 7.78. The van der Waals surface area contributed by atoms with Crippen molar-refractivity contribution in [2.75, 3.05) is 13.1 Å². The van der Waals surface area contributed by atoms with Crippen molar-refractivity contribution < 1.29 is 22.7 Å². The van der Waals surface area contributed by atoms with E-state index < -0.39 is 17.8 Å². The van der Waals surface area contributed by atoms with Gasteiger partial charge >= 0.3 is 12.3 Å². The van der Waals surface area contributed by atoms with Gasteiger partial charge in [0, 0.05) is 11.6 Å². The normalized spacial score (nSPS) is 15.5. The fourth-order valence-corrected chi connectivity index (χ4v) is 2.90. The molecule has 0 aliphatic carbocycles. The lowest BCUT2D eigenvalue weighted by Gasteiger charge is -2.23. The Kier molecular flexibility index (Phi) is 5.46. The number of hydrogen-bond donors (Lipinski definition) is 2. The van der Waals surface area contributed by atoms with Crippen LogP contribution in [0.25, 0.3) is 11.1 Å². The van der Waals surface area contributed by atoms with Gasteiger partial charge in [0.1, 0.15) is 5.75 Å². The molecule has 3 rings (SSSR count). The van der Waals surface area contributed by atoms with Gasteiger partial charge in [0.2, 0.25) is 0 Å². The molecule has 2 N–H and O–H groups in total. The third kappa shape index (κ3) is 4.54. The predicted octanol–water partition coefficient (Wildman–Crippen LogP) is 4.21. The highest BCUT2D eigenvalue weighted by molar-refractivity contribution is 5.77. The zero-order chi connectivity index (χ0) is 18.6. The second-order valence-corrected chi connectivity index (χ2v) is 6.13. The Morgan fingerprint density at radius 2 is 1.69 bits per heavy atom. The molecule has 0 radical (unpaired) electrons. The van der Waals surface area contributed by atoms with E-state index in [-0.39, 0.29) is 6.04 Å². The van der Waals surface area contributed by atoms with Gasteiger partial charge in [0.15, 0.2) is 0 Å². The summed E-state index contributed by atoms with van der Waals surface area (Å²) in [6.45, 7) is 1.68. The van der Waals surface area contributed by atoms with E-state index in [0.29, 0.717) is 16.9 Å². The van der Waals surface area contributed by atoms with Crippen LogP contribution in [-0.2, 0) is 6.18 Å². The molecule has 26 heavy (non-hydrogen) atoms. The van der Waals surface area contributed by atoms with E-state index in [2.05, 4.69) is 10.6 Å². The Labute approximate surface area is 149 Å². The standard InChI is InChI=1S/C19H19F3N2O2/c20-19(21,22)14-7-5-13(6-8-14)16-3-1-2-4-17(16)26-18(25)24-15-9-11-23-12-10-15/h1-8,15,23H,9-12H2,(H,24,25).